The Labute approximate surface area is 211 Å². The van der Waals surface area contributed by atoms with Crippen molar-refractivity contribution in [1.82, 2.24) is 4.98 Å². The van der Waals surface area contributed by atoms with E-state index >= 15 is 0 Å². The van der Waals surface area contributed by atoms with Crippen molar-refractivity contribution in [2.45, 2.75) is 19.9 Å². The number of ketones is 1. The Balaban J connectivity index is 1.77. The van der Waals surface area contributed by atoms with E-state index in [4.69, 9.17) is 21.3 Å². The second kappa shape index (κ2) is 8.83. The molecule has 5 rings (SSSR count). The molecule has 35 heavy (non-hydrogen) atoms. The molecule has 1 aromatic heterocycles. The number of hydrogen-bond acceptors (Lipinski definition) is 6. The molecule has 6 nitrogen and oxygen atoms in total. The molecule has 1 atom stereocenters. The van der Waals surface area contributed by atoms with Gasteiger partial charge in [0, 0.05) is 16.1 Å². The van der Waals surface area contributed by atoms with Crippen LogP contribution in [0.5, 0.6) is 5.75 Å². The molecular formula is C27H21ClN2O4S. The number of carbonyl (C=O) groups excluding carboxylic acids is 2. The summed E-state index contributed by atoms with van der Waals surface area (Å²) in [4.78, 5) is 32.9. The van der Waals surface area contributed by atoms with Crippen LogP contribution in [0.15, 0.2) is 66.2 Å². The lowest BCUT2D eigenvalue weighted by Gasteiger charge is -2.24. The zero-order valence-electron chi connectivity index (χ0n) is 19.2. The van der Waals surface area contributed by atoms with Crippen LogP contribution < -0.4 is 9.64 Å². The fraction of sp³-hybridized carbons (Fsp3) is 0.148. The number of carbonyl (C=O) groups is 2. The molecule has 1 amide bonds. The van der Waals surface area contributed by atoms with E-state index < -0.39 is 17.7 Å². The summed E-state index contributed by atoms with van der Waals surface area (Å²) in [7, 11) is 1.52. The number of aromatic nitrogens is 1. The molecule has 0 radical (unpaired) electrons. The van der Waals surface area contributed by atoms with Gasteiger partial charge in [-0.3, -0.25) is 14.5 Å². The van der Waals surface area contributed by atoms with Crippen LogP contribution in [0.2, 0.25) is 5.02 Å². The summed E-state index contributed by atoms with van der Waals surface area (Å²) in [5.41, 5.74) is 3.74. The van der Waals surface area contributed by atoms with Crippen LogP contribution in [0, 0.1) is 13.8 Å². The van der Waals surface area contributed by atoms with E-state index in [1.807, 2.05) is 26.0 Å². The smallest absolute Gasteiger partial charge is 0.301 e. The molecule has 0 unspecified atom stereocenters. The van der Waals surface area contributed by atoms with E-state index in [0.717, 1.165) is 21.3 Å². The zero-order chi connectivity index (χ0) is 24.9. The summed E-state index contributed by atoms with van der Waals surface area (Å²) in [5.74, 6) is -1.35. The van der Waals surface area contributed by atoms with Crippen molar-refractivity contribution in [3.8, 4) is 5.75 Å². The Kier molecular flexibility index (Phi) is 5.83. The highest BCUT2D eigenvalue weighted by Crippen LogP contribution is 2.46. The first-order valence-corrected chi connectivity index (χ1v) is 12.1. The van der Waals surface area contributed by atoms with E-state index in [9.17, 15) is 14.7 Å². The van der Waals surface area contributed by atoms with E-state index in [0.29, 0.717) is 27.0 Å². The largest absolute Gasteiger partial charge is 0.507 e. The SMILES string of the molecule is COc1ccccc1[C@H]1C(=C(O)c2ccc(Cl)cc2)C(=O)C(=O)N1c1nc2c(C)cc(C)cc2s1. The van der Waals surface area contributed by atoms with Crippen LogP contribution in [0.4, 0.5) is 5.13 Å². The fourth-order valence-electron chi connectivity index (χ4n) is 4.44. The molecule has 1 aliphatic heterocycles. The number of anilines is 1. The van der Waals surface area contributed by atoms with Gasteiger partial charge in [0.15, 0.2) is 5.13 Å². The summed E-state index contributed by atoms with van der Waals surface area (Å²) in [6.45, 7) is 3.96. The van der Waals surface area contributed by atoms with Crippen molar-refractivity contribution in [3.63, 3.8) is 0 Å². The number of Topliss-reactive ketones (excluding diaryl/α,β-unsaturated/α-hetero) is 1. The Morgan fingerprint density at radius 3 is 2.51 bits per heavy atom. The van der Waals surface area contributed by atoms with Crippen LogP contribution in [0.25, 0.3) is 16.0 Å². The Bertz CT molecular complexity index is 1520. The predicted molar refractivity (Wildman–Crippen MR) is 138 cm³/mol. The summed E-state index contributed by atoms with van der Waals surface area (Å²) in [6.07, 6.45) is 0. The van der Waals surface area contributed by atoms with Crippen molar-refractivity contribution in [2.24, 2.45) is 0 Å². The molecule has 1 fully saturated rings. The highest BCUT2D eigenvalue weighted by atomic mass is 35.5. The third-order valence-corrected chi connectivity index (χ3v) is 7.27. The summed E-state index contributed by atoms with van der Waals surface area (Å²) in [5, 5.41) is 12.1. The molecular weight excluding hydrogens is 484 g/mol. The number of para-hydroxylation sites is 1. The van der Waals surface area contributed by atoms with Crippen LogP contribution in [-0.4, -0.2) is 28.9 Å². The lowest BCUT2D eigenvalue weighted by atomic mass is 9.95. The number of thiazole rings is 1. The zero-order valence-corrected chi connectivity index (χ0v) is 20.8. The molecule has 4 aromatic rings. The van der Waals surface area contributed by atoms with Gasteiger partial charge in [0.1, 0.15) is 17.6 Å². The van der Waals surface area contributed by atoms with Gasteiger partial charge in [-0.05, 0) is 61.4 Å². The van der Waals surface area contributed by atoms with Gasteiger partial charge >= 0.3 is 5.91 Å². The Morgan fingerprint density at radius 1 is 1.09 bits per heavy atom. The fourth-order valence-corrected chi connectivity index (χ4v) is 5.74. The van der Waals surface area contributed by atoms with Crippen LogP contribution in [0.3, 0.4) is 0 Å². The number of benzene rings is 3. The van der Waals surface area contributed by atoms with Crippen molar-refractivity contribution >= 4 is 55.7 Å². The van der Waals surface area contributed by atoms with Crippen LogP contribution in [-0.2, 0) is 9.59 Å². The predicted octanol–water partition coefficient (Wildman–Crippen LogP) is 6.20. The number of aliphatic hydroxyl groups excluding tert-OH is 1. The summed E-state index contributed by atoms with van der Waals surface area (Å²) in [6, 6.07) is 16.7. The second-order valence-corrected chi connectivity index (χ2v) is 9.79. The molecule has 3 aromatic carbocycles. The average molecular weight is 505 g/mol. The molecule has 1 N–H and O–H groups in total. The van der Waals surface area contributed by atoms with E-state index in [1.165, 1.54) is 23.3 Å². The maximum absolute atomic E-state index is 13.5. The number of nitrogens with zero attached hydrogens (tertiary/aromatic N) is 2. The first-order chi connectivity index (χ1) is 16.8. The molecule has 0 aliphatic carbocycles. The topological polar surface area (TPSA) is 79.7 Å². The summed E-state index contributed by atoms with van der Waals surface area (Å²) < 4.78 is 6.48. The quantitative estimate of drug-likeness (QED) is 0.203. The van der Waals surface area contributed by atoms with Crippen molar-refractivity contribution < 1.29 is 19.4 Å². The van der Waals surface area contributed by atoms with Gasteiger partial charge in [-0.1, -0.05) is 47.2 Å². The summed E-state index contributed by atoms with van der Waals surface area (Å²) >= 11 is 7.34. The monoisotopic (exact) mass is 504 g/mol. The molecule has 0 spiro atoms. The average Bonchev–Trinajstić information content (AvgIpc) is 3.37. The lowest BCUT2D eigenvalue weighted by Crippen LogP contribution is -2.29. The number of hydrogen-bond donors (Lipinski definition) is 1. The van der Waals surface area contributed by atoms with Gasteiger partial charge in [-0.15, -0.1) is 0 Å². The normalized spacial score (nSPS) is 17.4. The minimum absolute atomic E-state index is 0.0334. The number of amides is 1. The van der Waals surface area contributed by atoms with E-state index in [2.05, 4.69) is 0 Å². The first kappa shape index (κ1) is 23.1. The lowest BCUT2D eigenvalue weighted by molar-refractivity contribution is -0.132. The maximum Gasteiger partial charge on any atom is 0.301 e. The van der Waals surface area contributed by atoms with Gasteiger partial charge in [-0.25, -0.2) is 4.98 Å². The molecule has 0 bridgehead atoms. The number of rotatable bonds is 4. The Hall–Kier alpha value is -3.68. The maximum atomic E-state index is 13.5. The molecule has 2 heterocycles. The number of halogens is 1. The van der Waals surface area contributed by atoms with Gasteiger partial charge < -0.3 is 9.84 Å². The number of aryl methyl sites for hydroxylation is 2. The standard InChI is InChI=1S/C27H21ClN2O4S/c1-14-12-15(2)22-20(13-14)35-27(29-22)30-23(18-6-4-5-7-19(18)34-3)21(25(32)26(30)33)24(31)16-8-10-17(28)11-9-16/h4-13,23,31H,1-3H3/t23-/m0/s1. The molecule has 176 valence electrons. The number of ether oxygens (including phenoxy) is 1. The van der Waals surface area contributed by atoms with Gasteiger partial charge in [-0.2, -0.15) is 0 Å². The van der Waals surface area contributed by atoms with Crippen LogP contribution in [0.1, 0.15) is 28.3 Å². The third-order valence-electron chi connectivity index (χ3n) is 6.02. The van der Waals surface area contributed by atoms with E-state index in [1.54, 1.807) is 48.5 Å². The van der Waals surface area contributed by atoms with Gasteiger partial charge in [0.2, 0.25) is 0 Å². The molecule has 1 aliphatic rings. The van der Waals surface area contributed by atoms with Crippen molar-refractivity contribution in [1.29, 1.82) is 0 Å². The third kappa shape index (κ3) is 3.87. The molecule has 0 saturated carbocycles. The number of fused-ring (bicyclic) bond motifs is 1. The second-order valence-electron chi connectivity index (χ2n) is 8.34. The van der Waals surface area contributed by atoms with E-state index in [-0.39, 0.29) is 11.3 Å². The first-order valence-electron chi connectivity index (χ1n) is 10.9. The van der Waals surface area contributed by atoms with Crippen molar-refractivity contribution in [3.05, 3.63) is 93.5 Å². The Morgan fingerprint density at radius 2 is 1.80 bits per heavy atom. The number of aliphatic hydroxyl groups is 1. The van der Waals surface area contributed by atoms with Gasteiger partial charge in [0.25, 0.3) is 5.78 Å². The van der Waals surface area contributed by atoms with Crippen molar-refractivity contribution in [2.75, 3.05) is 12.0 Å². The van der Waals surface area contributed by atoms with Gasteiger partial charge in [0.05, 0.1) is 22.9 Å². The highest BCUT2D eigenvalue weighted by molar-refractivity contribution is 7.22. The number of methoxy groups -OCH3 is 1. The minimum Gasteiger partial charge on any atom is -0.507 e. The molecule has 8 heteroatoms. The van der Waals surface area contributed by atoms with Crippen LogP contribution >= 0.6 is 22.9 Å². The minimum atomic E-state index is -0.927. The highest BCUT2D eigenvalue weighted by Gasteiger charge is 2.49. The molecule has 1 saturated heterocycles.